The third-order valence-electron chi connectivity index (χ3n) is 4.99. The van der Waals surface area contributed by atoms with Crippen molar-refractivity contribution in [2.75, 3.05) is 0 Å². The van der Waals surface area contributed by atoms with E-state index in [1.807, 2.05) is 0 Å². The minimum absolute atomic E-state index is 0.770. The Morgan fingerprint density at radius 1 is 0.850 bits per heavy atom. The minimum atomic E-state index is 0.770. The van der Waals surface area contributed by atoms with Gasteiger partial charge in [-0.05, 0) is 53.0 Å². The molecule has 1 fully saturated rings. The largest absolute Gasteiger partial charge is 0.0619 e. The molecule has 4 rings (SSSR count). The van der Waals surface area contributed by atoms with Crippen LogP contribution in [0.5, 0.6) is 0 Å². The van der Waals surface area contributed by atoms with Gasteiger partial charge >= 0.3 is 0 Å². The Kier molecular flexibility index (Phi) is 3.18. The van der Waals surface area contributed by atoms with Crippen molar-refractivity contribution < 1.29 is 0 Å². The summed E-state index contributed by atoms with van der Waals surface area (Å²) in [5.41, 5.74) is 7.40. The Morgan fingerprint density at radius 2 is 1.65 bits per heavy atom. The maximum Gasteiger partial charge on any atom is 0.0251 e. The molecule has 1 heteroatoms. The molecule has 2 aromatic carbocycles. The highest BCUT2D eigenvalue weighted by molar-refractivity contribution is 9.10. The van der Waals surface area contributed by atoms with Crippen molar-refractivity contribution in [1.82, 2.24) is 0 Å². The van der Waals surface area contributed by atoms with Gasteiger partial charge in [0.25, 0.3) is 0 Å². The highest BCUT2D eigenvalue weighted by atomic mass is 79.9. The molecule has 0 saturated heterocycles. The lowest BCUT2D eigenvalue weighted by Crippen LogP contribution is -2.06. The number of hydrogen-bond donors (Lipinski definition) is 0. The number of fused-ring (bicyclic) bond motifs is 3. The van der Waals surface area contributed by atoms with Crippen molar-refractivity contribution in [3.05, 3.63) is 57.6 Å². The first-order chi connectivity index (χ1) is 9.84. The van der Waals surface area contributed by atoms with Gasteiger partial charge < -0.3 is 0 Å². The lowest BCUT2D eigenvalue weighted by atomic mass is 9.83. The molecule has 0 nitrogen and oxygen atoms in total. The summed E-state index contributed by atoms with van der Waals surface area (Å²) in [6.07, 6.45) is 8.04. The van der Waals surface area contributed by atoms with Crippen molar-refractivity contribution in [3.63, 3.8) is 0 Å². The third-order valence-corrected chi connectivity index (χ3v) is 5.93. The van der Waals surface area contributed by atoms with Crippen molar-refractivity contribution in [2.45, 2.75) is 44.4 Å². The average Bonchev–Trinajstić information content (AvgIpc) is 2.88. The fourth-order valence-electron chi connectivity index (χ4n) is 3.92. The van der Waals surface area contributed by atoms with E-state index in [2.05, 4.69) is 52.3 Å². The summed E-state index contributed by atoms with van der Waals surface area (Å²) in [6, 6.07) is 13.6. The summed E-state index contributed by atoms with van der Waals surface area (Å²) in [6.45, 7) is 0. The first kappa shape index (κ1) is 12.6. The van der Waals surface area contributed by atoms with Gasteiger partial charge in [0.1, 0.15) is 0 Å². The van der Waals surface area contributed by atoms with E-state index >= 15 is 0 Å². The summed E-state index contributed by atoms with van der Waals surface area (Å²) in [5, 5.41) is 0. The molecule has 0 atom stereocenters. The van der Waals surface area contributed by atoms with Crippen LogP contribution in [-0.4, -0.2) is 0 Å². The minimum Gasteiger partial charge on any atom is -0.0619 e. The Hall–Kier alpha value is -1.08. The van der Waals surface area contributed by atoms with Crippen molar-refractivity contribution in [2.24, 2.45) is 0 Å². The Bertz CT molecular complexity index is 651. The molecule has 1 saturated carbocycles. The molecule has 2 aliphatic carbocycles. The van der Waals surface area contributed by atoms with Crippen LogP contribution in [0.15, 0.2) is 40.9 Å². The summed E-state index contributed by atoms with van der Waals surface area (Å²) < 4.78 is 1.39. The third kappa shape index (κ3) is 1.95. The van der Waals surface area contributed by atoms with Crippen LogP contribution >= 0.6 is 15.9 Å². The second-order valence-corrected chi connectivity index (χ2v) is 6.96. The first-order valence-electron chi connectivity index (χ1n) is 7.74. The predicted octanol–water partition coefficient (Wildman–Crippen LogP) is 6.07. The second kappa shape index (κ2) is 5.04. The van der Waals surface area contributed by atoms with Crippen LogP contribution in [0.1, 0.15) is 54.7 Å². The van der Waals surface area contributed by atoms with E-state index in [1.165, 1.54) is 58.8 Å². The van der Waals surface area contributed by atoms with Gasteiger partial charge in [-0.15, -0.1) is 0 Å². The lowest BCUT2D eigenvalue weighted by molar-refractivity contribution is 0.442. The van der Waals surface area contributed by atoms with E-state index in [0.29, 0.717) is 0 Å². The van der Waals surface area contributed by atoms with Crippen LogP contribution in [0, 0.1) is 0 Å². The van der Waals surface area contributed by atoms with Crippen LogP contribution in [0.3, 0.4) is 0 Å². The highest BCUT2D eigenvalue weighted by Gasteiger charge is 2.25. The molecule has 0 bridgehead atoms. The van der Waals surface area contributed by atoms with E-state index < -0.39 is 0 Å². The zero-order valence-electron chi connectivity index (χ0n) is 11.7. The second-order valence-electron chi connectivity index (χ2n) is 6.16. The van der Waals surface area contributed by atoms with E-state index in [1.54, 1.807) is 5.56 Å². The van der Waals surface area contributed by atoms with Crippen LogP contribution < -0.4 is 0 Å². The zero-order valence-corrected chi connectivity index (χ0v) is 13.2. The maximum atomic E-state index is 3.93. The predicted molar refractivity (Wildman–Crippen MR) is 88.2 cm³/mol. The summed E-state index contributed by atoms with van der Waals surface area (Å²) >= 11 is 3.93. The van der Waals surface area contributed by atoms with Crippen LogP contribution in [0.25, 0.3) is 11.1 Å². The van der Waals surface area contributed by atoms with E-state index in [9.17, 15) is 0 Å². The quantitative estimate of drug-likeness (QED) is 0.509. The number of rotatable bonds is 1. The molecule has 102 valence electrons. The molecule has 2 aromatic rings. The van der Waals surface area contributed by atoms with Gasteiger partial charge in [-0.25, -0.2) is 0 Å². The standard InChI is InChI=1S/C19H19Br/c20-19-16(13-6-2-1-3-7-13)10-11-17-15-9-5-4-8-14(15)12-18(17)19/h4-5,8-11,13H,1-3,6-7,12H2. The summed E-state index contributed by atoms with van der Waals surface area (Å²) in [7, 11) is 0. The normalized spacial score (nSPS) is 17.9. The smallest absolute Gasteiger partial charge is 0.0251 e. The van der Waals surface area contributed by atoms with E-state index in [0.717, 1.165) is 12.3 Å². The topological polar surface area (TPSA) is 0 Å². The van der Waals surface area contributed by atoms with Gasteiger partial charge in [-0.3, -0.25) is 0 Å². The van der Waals surface area contributed by atoms with Crippen molar-refractivity contribution in [3.8, 4) is 11.1 Å². The molecular formula is C19H19Br. The van der Waals surface area contributed by atoms with Crippen molar-refractivity contribution >= 4 is 15.9 Å². The molecule has 20 heavy (non-hydrogen) atoms. The molecule has 0 unspecified atom stereocenters. The number of hydrogen-bond acceptors (Lipinski definition) is 0. The average molecular weight is 327 g/mol. The molecule has 0 aliphatic heterocycles. The number of halogens is 1. The summed E-state index contributed by atoms with van der Waals surface area (Å²) in [4.78, 5) is 0. The van der Waals surface area contributed by atoms with Crippen LogP contribution in [0.2, 0.25) is 0 Å². The van der Waals surface area contributed by atoms with Crippen molar-refractivity contribution in [1.29, 1.82) is 0 Å². The number of benzene rings is 2. The van der Waals surface area contributed by atoms with E-state index in [-0.39, 0.29) is 0 Å². The molecule has 0 spiro atoms. The molecule has 0 radical (unpaired) electrons. The zero-order chi connectivity index (χ0) is 13.5. The molecule has 0 aromatic heterocycles. The van der Waals surface area contributed by atoms with Gasteiger partial charge in [0, 0.05) is 4.47 Å². The fourth-order valence-corrected chi connectivity index (χ4v) is 4.73. The SMILES string of the molecule is Brc1c(C2CCCCC2)ccc2c1Cc1ccccc1-2. The first-order valence-corrected chi connectivity index (χ1v) is 8.53. The molecule has 0 N–H and O–H groups in total. The van der Waals surface area contributed by atoms with E-state index in [4.69, 9.17) is 0 Å². The van der Waals surface area contributed by atoms with Gasteiger partial charge in [-0.1, -0.05) is 71.6 Å². The highest BCUT2D eigenvalue weighted by Crippen LogP contribution is 2.45. The van der Waals surface area contributed by atoms with Crippen LogP contribution in [-0.2, 0) is 6.42 Å². The Morgan fingerprint density at radius 3 is 2.50 bits per heavy atom. The van der Waals surface area contributed by atoms with Gasteiger partial charge in [0.05, 0.1) is 0 Å². The summed E-state index contributed by atoms with van der Waals surface area (Å²) in [5.74, 6) is 0.770. The Balaban J connectivity index is 1.78. The van der Waals surface area contributed by atoms with Gasteiger partial charge in [0.15, 0.2) is 0 Å². The molecule has 0 amide bonds. The maximum absolute atomic E-state index is 3.93. The molecule has 2 aliphatic rings. The monoisotopic (exact) mass is 326 g/mol. The van der Waals surface area contributed by atoms with Crippen LogP contribution in [0.4, 0.5) is 0 Å². The van der Waals surface area contributed by atoms with Gasteiger partial charge in [-0.2, -0.15) is 0 Å². The lowest BCUT2D eigenvalue weighted by Gasteiger charge is -2.24. The fraction of sp³-hybridized carbons (Fsp3) is 0.368. The molecule has 0 heterocycles. The Labute approximate surface area is 129 Å². The molecular weight excluding hydrogens is 308 g/mol. The van der Waals surface area contributed by atoms with Gasteiger partial charge in [0.2, 0.25) is 0 Å².